The van der Waals surface area contributed by atoms with Crippen molar-refractivity contribution >= 4 is 34.2 Å². The smallest absolute Gasteiger partial charge is 0.111 e. The lowest BCUT2D eigenvalue weighted by molar-refractivity contribution is 0.754. The summed E-state index contributed by atoms with van der Waals surface area (Å²) in [6.45, 7) is 2.88. The molecule has 0 N–H and O–H groups in total. The van der Waals surface area contributed by atoms with E-state index >= 15 is 0 Å². The Balaban J connectivity index is 2.07. The Morgan fingerprint density at radius 2 is 1.86 bits per heavy atom. The van der Waals surface area contributed by atoms with Crippen LogP contribution in [0.3, 0.4) is 0 Å². The van der Waals surface area contributed by atoms with Crippen molar-refractivity contribution in [3.63, 3.8) is 0 Å². The Labute approximate surface area is 134 Å². The van der Waals surface area contributed by atoms with Crippen LogP contribution in [-0.2, 0) is 13.0 Å². The number of fused-ring (bicyclic) bond motifs is 1. The van der Waals surface area contributed by atoms with Gasteiger partial charge in [0.05, 0.1) is 11.0 Å². The van der Waals surface area contributed by atoms with E-state index in [1.165, 1.54) is 11.1 Å². The molecule has 4 heteroatoms. The molecule has 108 valence electrons. The summed E-state index contributed by atoms with van der Waals surface area (Å²) >= 11 is 11.9. The van der Waals surface area contributed by atoms with Crippen LogP contribution in [0, 0.1) is 6.92 Å². The number of benzene rings is 2. The molecule has 0 bridgehead atoms. The standard InChI is InChI=1S/C17H16Cl2N2/c1-12-2-7-15-16(10-12)21(17(20-15)8-9-18)11-13-3-5-14(19)6-4-13/h2-7,10H,8-9,11H2,1H3. The molecule has 0 radical (unpaired) electrons. The number of alkyl halides is 1. The Bertz CT molecular complexity index is 760. The summed E-state index contributed by atoms with van der Waals surface area (Å²) in [4.78, 5) is 4.71. The van der Waals surface area contributed by atoms with E-state index in [0.717, 1.165) is 34.8 Å². The molecule has 0 aliphatic carbocycles. The fourth-order valence-electron chi connectivity index (χ4n) is 2.51. The Hall–Kier alpha value is -1.51. The first kappa shape index (κ1) is 14.4. The number of imidazole rings is 1. The van der Waals surface area contributed by atoms with Crippen molar-refractivity contribution in [2.75, 3.05) is 5.88 Å². The van der Waals surface area contributed by atoms with Gasteiger partial charge >= 0.3 is 0 Å². The van der Waals surface area contributed by atoms with Crippen LogP contribution in [0.4, 0.5) is 0 Å². The van der Waals surface area contributed by atoms with Crippen molar-refractivity contribution in [3.8, 4) is 0 Å². The van der Waals surface area contributed by atoms with Crippen LogP contribution in [0.2, 0.25) is 5.02 Å². The first-order valence-corrected chi connectivity index (χ1v) is 7.85. The van der Waals surface area contributed by atoms with Gasteiger partial charge in [-0.2, -0.15) is 0 Å². The van der Waals surface area contributed by atoms with E-state index in [2.05, 4.69) is 41.8 Å². The zero-order valence-corrected chi connectivity index (χ0v) is 13.3. The average Bonchev–Trinajstić information content (AvgIpc) is 2.79. The lowest BCUT2D eigenvalue weighted by Gasteiger charge is -2.09. The van der Waals surface area contributed by atoms with E-state index in [4.69, 9.17) is 28.2 Å². The van der Waals surface area contributed by atoms with Gasteiger partial charge in [-0.3, -0.25) is 0 Å². The van der Waals surface area contributed by atoms with E-state index in [1.54, 1.807) is 0 Å². The second-order valence-corrected chi connectivity index (χ2v) is 5.99. The van der Waals surface area contributed by atoms with Crippen LogP contribution in [-0.4, -0.2) is 15.4 Å². The van der Waals surface area contributed by atoms with Gasteiger partial charge in [0.15, 0.2) is 0 Å². The molecule has 0 unspecified atom stereocenters. The molecule has 0 aliphatic rings. The minimum Gasteiger partial charge on any atom is -0.323 e. The first-order valence-electron chi connectivity index (χ1n) is 6.93. The summed E-state index contributed by atoms with van der Waals surface area (Å²) in [7, 11) is 0. The van der Waals surface area contributed by atoms with Crippen LogP contribution in [0.25, 0.3) is 11.0 Å². The fraction of sp³-hybridized carbons (Fsp3) is 0.235. The zero-order chi connectivity index (χ0) is 14.8. The minimum absolute atomic E-state index is 0.572. The van der Waals surface area contributed by atoms with Crippen LogP contribution in [0.5, 0.6) is 0 Å². The highest BCUT2D eigenvalue weighted by Crippen LogP contribution is 2.21. The van der Waals surface area contributed by atoms with Crippen LogP contribution >= 0.6 is 23.2 Å². The fourth-order valence-corrected chi connectivity index (χ4v) is 2.80. The SMILES string of the molecule is Cc1ccc2nc(CCCl)n(Cc3ccc(Cl)cc3)c2c1. The highest BCUT2D eigenvalue weighted by molar-refractivity contribution is 6.30. The van der Waals surface area contributed by atoms with E-state index in [9.17, 15) is 0 Å². The van der Waals surface area contributed by atoms with Crippen LogP contribution in [0.1, 0.15) is 17.0 Å². The van der Waals surface area contributed by atoms with Crippen molar-refractivity contribution in [1.29, 1.82) is 0 Å². The summed E-state index contributed by atoms with van der Waals surface area (Å²) in [5.41, 5.74) is 4.62. The van der Waals surface area contributed by atoms with Gasteiger partial charge in [-0.1, -0.05) is 29.8 Å². The van der Waals surface area contributed by atoms with Gasteiger partial charge in [-0.25, -0.2) is 4.98 Å². The molecule has 21 heavy (non-hydrogen) atoms. The van der Waals surface area contributed by atoms with Gasteiger partial charge in [0.2, 0.25) is 0 Å². The number of rotatable bonds is 4. The summed E-state index contributed by atoms with van der Waals surface area (Å²) in [5, 5.41) is 0.756. The molecule has 0 fully saturated rings. The molecule has 0 saturated heterocycles. The van der Waals surface area contributed by atoms with Crippen LogP contribution < -0.4 is 0 Å². The number of aryl methyl sites for hydroxylation is 2. The second kappa shape index (κ2) is 6.08. The van der Waals surface area contributed by atoms with Gasteiger partial charge in [0, 0.05) is 23.9 Å². The summed E-state index contributed by atoms with van der Waals surface area (Å²) < 4.78 is 2.24. The van der Waals surface area contributed by atoms with Gasteiger partial charge in [0.25, 0.3) is 0 Å². The third kappa shape index (κ3) is 3.07. The molecule has 0 spiro atoms. The number of hydrogen-bond acceptors (Lipinski definition) is 1. The lowest BCUT2D eigenvalue weighted by Crippen LogP contribution is -2.06. The topological polar surface area (TPSA) is 17.8 Å². The number of nitrogens with zero attached hydrogens (tertiary/aromatic N) is 2. The van der Waals surface area contributed by atoms with Crippen molar-refractivity contribution < 1.29 is 0 Å². The first-order chi connectivity index (χ1) is 10.2. The highest BCUT2D eigenvalue weighted by atomic mass is 35.5. The Morgan fingerprint density at radius 3 is 2.57 bits per heavy atom. The Morgan fingerprint density at radius 1 is 1.10 bits per heavy atom. The average molecular weight is 319 g/mol. The summed E-state index contributed by atoms with van der Waals surface area (Å²) in [6.07, 6.45) is 0.767. The normalized spacial score (nSPS) is 11.2. The predicted molar refractivity (Wildman–Crippen MR) is 89.4 cm³/mol. The molecule has 2 nitrogen and oxygen atoms in total. The van der Waals surface area contributed by atoms with E-state index in [-0.39, 0.29) is 0 Å². The van der Waals surface area contributed by atoms with Gasteiger partial charge in [-0.05, 0) is 42.3 Å². The quantitative estimate of drug-likeness (QED) is 0.630. The highest BCUT2D eigenvalue weighted by Gasteiger charge is 2.11. The molecule has 1 heterocycles. The second-order valence-electron chi connectivity index (χ2n) is 5.17. The van der Waals surface area contributed by atoms with Gasteiger partial charge in [-0.15, -0.1) is 11.6 Å². The van der Waals surface area contributed by atoms with Crippen molar-refractivity contribution in [2.24, 2.45) is 0 Å². The maximum Gasteiger partial charge on any atom is 0.111 e. The molecule has 1 aromatic heterocycles. The monoisotopic (exact) mass is 318 g/mol. The summed E-state index contributed by atoms with van der Waals surface area (Å²) in [6, 6.07) is 14.3. The molecule has 0 saturated carbocycles. The van der Waals surface area contributed by atoms with Crippen molar-refractivity contribution in [3.05, 3.63) is 64.4 Å². The number of hydrogen-bond donors (Lipinski definition) is 0. The summed E-state index contributed by atoms with van der Waals surface area (Å²) in [5.74, 6) is 1.60. The molecule has 0 amide bonds. The van der Waals surface area contributed by atoms with Gasteiger partial charge in [0.1, 0.15) is 5.82 Å². The molecular formula is C17H16Cl2N2. The van der Waals surface area contributed by atoms with Crippen molar-refractivity contribution in [1.82, 2.24) is 9.55 Å². The maximum absolute atomic E-state index is 5.95. The lowest BCUT2D eigenvalue weighted by atomic mass is 10.2. The molecular weight excluding hydrogens is 303 g/mol. The molecule has 3 aromatic rings. The van der Waals surface area contributed by atoms with Gasteiger partial charge < -0.3 is 4.57 Å². The Kier molecular flexibility index (Phi) is 4.18. The number of aromatic nitrogens is 2. The third-order valence-electron chi connectivity index (χ3n) is 3.55. The minimum atomic E-state index is 0.572. The third-order valence-corrected chi connectivity index (χ3v) is 4.00. The van der Waals surface area contributed by atoms with Crippen LogP contribution in [0.15, 0.2) is 42.5 Å². The maximum atomic E-state index is 5.95. The largest absolute Gasteiger partial charge is 0.323 e. The van der Waals surface area contributed by atoms with E-state index in [1.807, 2.05) is 12.1 Å². The molecule has 0 aliphatic heterocycles. The zero-order valence-electron chi connectivity index (χ0n) is 11.8. The number of halogens is 2. The predicted octanol–water partition coefficient (Wildman–Crippen LogP) is 4.83. The van der Waals surface area contributed by atoms with E-state index < -0.39 is 0 Å². The molecule has 2 aromatic carbocycles. The van der Waals surface area contributed by atoms with E-state index in [0.29, 0.717) is 5.88 Å². The van der Waals surface area contributed by atoms with Crippen molar-refractivity contribution in [2.45, 2.75) is 19.9 Å². The molecule has 0 atom stereocenters. The molecule has 3 rings (SSSR count).